The predicted octanol–water partition coefficient (Wildman–Crippen LogP) is 4.02. The predicted molar refractivity (Wildman–Crippen MR) is 97.7 cm³/mol. The lowest BCUT2D eigenvalue weighted by molar-refractivity contribution is -0.158. The van der Waals surface area contributed by atoms with Gasteiger partial charge in [0.15, 0.2) is 0 Å². The Bertz CT molecular complexity index is 859. The van der Waals surface area contributed by atoms with Crippen LogP contribution in [-0.4, -0.2) is 23.3 Å². The van der Waals surface area contributed by atoms with Crippen molar-refractivity contribution < 1.29 is 14.3 Å². The standard InChI is InChI=1S/C20H22N2O3/c1-12-16(18(23)25-20(2,3)4)17(22-19(24)21-12)15-11-7-9-13-8-5-6-10-14(13)15/h5-11,16-17H,1-4H3,(H,22,24). The Morgan fingerprint density at radius 2 is 1.80 bits per heavy atom. The molecule has 0 radical (unpaired) electrons. The van der Waals surface area contributed by atoms with Gasteiger partial charge in [0, 0.05) is 5.71 Å². The number of urea groups is 1. The second kappa shape index (κ2) is 6.31. The van der Waals surface area contributed by atoms with Crippen LogP contribution in [0.15, 0.2) is 47.5 Å². The van der Waals surface area contributed by atoms with Gasteiger partial charge >= 0.3 is 12.0 Å². The van der Waals surface area contributed by atoms with E-state index in [0.717, 1.165) is 16.3 Å². The van der Waals surface area contributed by atoms with Crippen molar-refractivity contribution in [2.24, 2.45) is 10.9 Å². The number of rotatable bonds is 2. The van der Waals surface area contributed by atoms with Crippen LogP contribution in [0, 0.1) is 5.92 Å². The Balaban J connectivity index is 2.09. The Labute approximate surface area is 147 Å². The van der Waals surface area contributed by atoms with Crippen molar-refractivity contribution in [3.8, 4) is 0 Å². The zero-order chi connectivity index (χ0) is 18.2. The molecular formula is C20H22N2O3. The number of carbonyl (C=O) groups excluding carboxylic acids is 2. The van der Waals surface area contributed by atoms with Gasteiger partial charge in [0.2, 0.25) is 0 Å². The molecule has 1 N–H and O–H groups in total. The average Bonchev–Trinajstić information content (AvgIpc) is 2.51. The fraction of sp³-hybridized carbons (Fsp3) is 0.350. The lowest BCUT2D eigenvalue weighted by atomic mass is 9.86. The molecule has 2 aromatic rings. The van der Waals surface area contributed by atoms with Crippen molar-refractivity contribution >= 4 is 28.5 Å². The number of carbonyl (C=O) groups is 2. The highest BCUT2D eigenvalue weighted by Crippen LogP contribution is 2.33. The fourth-order valence-corrected chi connectivity index (χ4v) is 3.17. The van der Waals surface area contributed by atoms with Crippen molar-refractivity contribution in [2.45, 2.75) is 39.3 Å². The van der Waals surface area contributed by atoms with Gasteiger partial charge in [-0.05, 0) is 44.0 Å². The summed E-state index contributed by atoms with van der Waals surface area (Å²) >= 11 is 0. The molecular weight excluding hydrogens is 316 g/mol. The minimum atomic E-state index is -0.650. The quantitative estimate of drug-likeness (QED) is 0.841. The molecule has 0 saturated heterocycles. The average molecular weight is 338 g/mol. The first kappa shape index (κ1) is 17.1. The van der Waals surface area contributed by atoms with Crippen molar-refractivity contribution in [3.63, 3.8) is 0 Å². The lowest BCUT2D eigenvalue weighted by Crippen LogP contribution is -2.45. The molecule has 0 spiro atoms. The van der Waals surface area contributed by atoms with E-state index in [-0.39, 0.29) is 5.97 Å². The summed E-state index contributed by atoms with van der Waals surface area (Å²) in [4.78, 5) is 28.7. The smallest absolute Gasteiger partial charge is 0.341 e. The van der Waals surface area contributed by atoms with E-state index in [1.807, 2.05) is 63.2 Å². The van der Waals surface area contributed by atoms with Gasteiger partial charge in [0.1, 0.15) is 11.5 Å². The second-order valence-corrected chi connectivity index (χ2v) is 7.26. The molecule has 0 saturated carbocycles. The first-order valence-corrected chi connectivity index (χ1v) is 8.32. The van der Waals surface area contributed by atoms with E-state index < -0.39 is 23.6 Å². The SMILES string of the molecule is CC1=NC(=O)NC(c2cccc3ccccc23)C1C(=O)OC(C)(C)C. The normalized spacial score (nSPS) is 20.8. The third-order valence-corrected chi connectivity index (χ3v) is 4.16. The van der Waals surface area contributed by atoms with Crippen LogP contribution >= 0.6 is 0 Å². The third kappa shape index (κ3) is 3.55. The van der Waals surface area contributed by atoms with Gasteiger partial charge in [-0.3, -0.25) is 4.79 Å². The monoisotopic (exact) mass is 338 g/mol. The molecule has 1 aliphatic rings. The van der Waals surface area contributed by atoms with Gasteiger partial charge in [0.05, 0.1) is 6.04 Å². The molecule has 2 unspecified atom stereocenters. The summed E-state index contributed by atoms with van der Waals surface area (Å²) in [7, 11) is 0. The molecule has 5 nitrogen and oxygen atoms in total. The highest BCUT2D eigenvalue weighted by atomic mass is 16.6. The van der Waals surface area contributed by atoms with Crippen molar-refractivity contribution in [1.82, 2.24) is 5.32 Å². The molecule has 1 aliphatic heterocycles. The largest absolute Gasteiger partial charge is 0.459 e. The van der Waals surface area contributed by atoms with Crippen LogP contribution in [-0.2, 0) is 9.53 Å². The lowest BCUT2D eigenvalue weighted by Gasteiger charge is -2.32. The molecule has 2 amide bonds. The van der Waals surface area contributed by atoms with Crippen molar-refractivity contribution in [1.29, 1.82) is 0 Å². The Kier molecular flexibility index (Phi) is 4.33. The molecule has 2 aromatic carbocycles. The summed E-state index contributed by atoms with van der Waals surface area (Å²) in [6.07, 6.45) is 0. The Hall–Kier alpha value is -2.69. The number of hydrogen-bond acceptors (Lipinski definition) is 3. The molecule has 130 valence electrons. The van der Waals surface area contributed by atoms with Crippen LogP contribution in [0.5, 0.6) is 0 Å². The number of hydrogen-bond donors (Lipinski definition) is 1. The zero-order valence-corrected chi connectivity index (χ0v) is 14.9. The van der Waals surface area contributed by atoms with Crippen LogP contribution in [0.1, 0.15) is 39.3 Å². The maximum Gasteiger partial charge on any atom is 0.341 e. The molecule has 0 aromatic heterocycles. The molecule has 1 heterocycles. The fourth-order valence-electron chi connectivity index (χ4n) is 3.17. The number of nitrogens with one attached hydrogen (secondary N) is 1. The van der Waals surface area contributed by atoms with Crippen LogP contribution in [0.4, 0.5) is 4.79 Å². The minimum Gasteiger partial charge on any atom is -0.459 e. The van der Waals surface area contributed by atoms with E-state index in [2.05, 4.69) is 10.3 Å². The Morgan fingerprint density at radius 3 is 2.52 bits per heavy atom. The molecule has 0 bridgehead atoms. The van der Waals surface area contributed by atoms with Crippen molar-refractivity contribution in [3.05, 3.63) is 48.0 Å². The second-order valence-electron chi connectivity index (χ2n) is 7.26. The number of benzene rings is 2. The van der Waals surface area contributed by atoms with Gasteiger partial charge < -0.3 is 10.1 Å². The first-order chi connectivity index (χ1) is 11.8. The van der Waals surface area contributed by atoms with Gasteiger partial charge in [-0.2, -0.15) is 0 Å². The topological polar surface area (TPSA) is 67.8 Å². The molecule has 0 aliphatic carbocycles. The van der Waals surface area contributed by atoms with Gasteiger partial charge in [0.25, 0.3) is 0 Å². The first-order valence-electron chi connectivity index (χ1n) is 8.32. The Morgan fingerprint density at radius 1 is 1.12 bits per heavy atom. The summed E-state index contributed by atoms with van der Waals surface area (Å²) in [6.45, 7) is 7.18. The van der Waals surface area contributed by atoms with E-state index in [9.17, 15) is 9.59 Å². The summed E-state index contributed by atoms with van der Waals surface area (Å²) in [5.41, 5.74) is 0.745. The highest BCUT2D eigenvalue weighted by molar-refractivity contribution is 6.08. The van der Waals surface area contributed by atoms with Gasteiger partial charge in [-0.25, -0.2) is 9.79 Å². The van der Waals surface area contributed by atoms with E-state index in [0.29, 0.717) is 5.71 Å². The number of fused-ring (bicyclic) bond motifs is 1. The van der Waals surface area contributed by atoms with E-state index in [1.165, 1.54) is 0 Å². The maximum absolute atomic E-state index is 12.8. The van der Waals surface area contributed by atoms with E-state index >= 15 is 0 Å². The molecule has 2 atom stereocenters. The maximum atomic E-state index is 12.8. The zero-order valence-electron chi connectivity index (χ0n) is 14.9. The van der Waals surface area contributed by atoms with Crippen molar-refractivity contribution in [2.75, 3.05) is 0 Å². The third-order valence-electron chi connectivity index (χ3n) is 4.16. The van der Waals surface area contributed by atoms with Crippen LogP contribution in [0.2, 0.25) is 0 Å². The molecule has 5 heteroatoms. The van der Waals surface area contributed by atoms with Gasteiger partial charge in [-0.15, -0.1) is 0 Å². The number of aliphatic imine (C=N–C) groups is 1. The number of nitrogens with zero attached hydrogens (tertiary/aromatic N) is 1. The van der Waals surface area contributed by atoms with Crippen LogP contribution in [0.25, 0.3) is 10.8 Å². The molecule has 3 rings (SSSR count). The van der Waals surface area contributed by atoms with E-state index in [4.69, 9.17) is 4.74 Å². The van der Waals surface area contributed by atoms with Crippen LogP contribution in [0.3, 0.4) is 0 Å². The summed E-state index contributed by atoms with van der Waals surface area (Å²) in [5, 5.41) is 4.90. The molecule has 25 heavy (non-hydrogen) atoms. The summed E-state index contributed by atoms with van der Waals surface area (Å²) in [5.74, 6) is -1.03. The highest BCUT2D eigenvalue weighted by Gasteiger charge is 2.39. The van der Waals surface area contributed by atoms with Crippen LogP contribution < -0.4 is 5.32 Å². The number of esters is 1. The number of ether oxygens (including phenoxy) is 1. The van der Waals surface area contributed by atoms with E-state index in [1.54, 1.807) is 6.92 Å². The molecule has 0 fully saturated rings. The number of amides is 2. The minimum absolute atomic E-state index is 0.383. The summed E-state index contributed by atoms with van der Waals surface area (Å²) < 4.78 is 5.58. The van der Waals surface area contributed by atoms with Gasteiger partial charge in [-0.1, -0.05) is 42.5 Å². The summed E-state index contributed by atoms with van der Waals surface area (Å²) in [6, 6.07) is 12.8.